The van der Waals surface area contributed by atoms with Gasteiger partial charge in [-0.25, -0.2) is 0 Å². The Labute approximate surface area is 149 Å². The molecular formula is C17H12N4O4S. The van der Waals surface area contributed by atoms with Crippen LogP contribution in [0.1, 0.15) is 11.1 Å². The van der Waals surface area contributed by atoms with Crippen LogP contribution in [0.15, 0.2) is 59.0 Å². The van der Waals surface area contributed by atoms with Crippen molar-refractivity contribution in [3.8, 4) is 6.07 Å². The molecule has 0 bridgehead atoms. The van der Waals surface area contributed by atoms with Crippen LogP contribution in [0.25, 0.3) is 5.70 Å². The number of carbonyl (C=O) groups is 1. The molecule has 0 aliphatic carbocycles. The number of nitriles is 1. The molecule has 2 aromatic carbocycles. The Hall–Kier alpha value is -3.48. The van der Waals surface area contributed by atoms with E-state index in [1.54, 1.807) is 24.3 Å². The number of rotatable bonds is 3. The van der Waals surface area contributed by atoms with E-state index in [2.05, 4.69) is 10.6 Å². The van der Waals surface area contributed by atoms with Gasteiger partial charge in [0.15, 0.2) is 0 Å². The van der Waals surface area contributed by atoms with Crippen molar-refractivity contribution in [3.63, 3.8) is 0 Å². The van der Waals surface area contributed by atoms with Gasteiger partial charge in [-0.15, -0.1) is 0 Å². The molecule has 9 heteroatoms. The predicted octanol–water partition coefficient (Wildman–Crippen LogP) is 1.74. The van der Waals surface area contributed by atoms with Crippen molar-refractivity contribution in [2.45, 2.75) is 4.90 Å². The van der Waals surface area contributed by atoms with E-state index in [0.717, 1.165) is 12.1 Å². The average Bonchev–Trinajstić information content (AvgIpc) is 2.92. The maximum atomic E-state index is 12.5. The molecular weight excluding hydrogens is 356 g/mol. The van der Waals surface area contributed by atoms with Gasteiger partial charge in [-0.2, -0.15) is 13.7 Å². The number of benzene rings is 2. The molecule has 3 rings (SSSR count). The highest BCUT2D eigenvalue weighted by Crippen LogP contribution is 2.27. The summed E-state index contributed by atoms with van der Waals surface area (Å²) in [4.78, 5) is 12.1. The lowest BCUT2D eigenvalue weighted by molar-refractivity contribution is -0.112. The van der Waals surface area contributed by atoms with Gasteiger partial charge < -0.3 is 10.6 Å². The summed E-state index contributed by atoms with van der Waals surface area (Å²) in [6, 6.07) is 13.6. The fraction of sp³-hybridized carbons (Fsp3) is 0. The summed E-state index contributed by atoms with van der Waals surface area (Å²) < 4.78 is 31.0. The third-order valence-corrected chi connectivity index (χ3v) is 4.58. The first kappa shape index (κ1) is 17.3. The van der Waals surface area contributed by atoms with Crippen molar-refractivity contribution >= 4 is 33.2 Å². The Morgan fingerprint density at radius 2 is 1.73 bits per heavy atom. The van der Waals surface area contributed by atoms with Crippen LogP contribution in [0.5, 0.6) is 0 Å². The lowest BCUT2D eigenvalue weighted by Gasteiger charge is -2.08. The second kappa shape index (κ2) is 6.44. The summed E-state index contributed by atoms with van der Waals surface area (Å²) in [5.41, 5.74) is 1.43. The summed E-state index contributed by atoms with van der Waals surface area (Å²) in [7, 11) is -4.33. The minimum atomic E-state index is -4.33. The number of fused-ring (bicyclic) bond motifs is 1. The quantitative estimate of drug-likeness (QED) is 0.369. The highest BCUT2D eigenvalue weighted by molar-refractivity contribution is 7.85. The fourth-order valence-corrected chi connectivity index (χ4v) is 2.98. The average molecular weight is 368 g/mol. The molecule has 0 radical (unpaired) electrons. The van der Waals surface area contributed by atoms with Gasteiger partial charge >= 0.3 is 0 Å². The topological polar surface area (TPSA) is 143 Å². The molecule has 0 fully saturated rings. The molecule has 4 N–H and O–H groups in total. The first-order chi connectivity index (χ1) is 12.3. The number of nitrogens with zero attached hydrogens (tertiary/aromatic N) is 1. The van der Waals surface area contributed by atoms with Crippen LogP contribution >= 0.6 is 0 Å². The number of anilines is 1. The summed E-state index contributed by atoms with van der Waals surface area (Å²) >= 11 is 0. The highest BCUT2D eigenvalue weighted by atomic mass is 32.2. The normalized spacial score (nSPS) is 14.8. The Morgan fingerprint density at radius 3 is 2.31 bits per heavy atom. The minimum absolute atomic E-state index is 0.0913. The van der Waals surface area contributed by atoms with E-state index >= 15 is 0 Å². The van der Waals surface area contributed by atoms with Gasteiger partial charge in [-0.3, -0.25) is 14.8 Å². The largest absolute Gasteiger partial charge is 0.338 e. The molecule has 0 saturated carbocycles. The first-order valence-electron chi connectivity index (χ1n) is 7.30. The van der Waals surface area contributed by atoms with Gasteiger partial charge in [0.05, 0.1) is 10.6 Å². The molecule has 1 heterocycles. The van der Waals surface area contributed by atoms with Gasteiger partial charge in [-0.05, 0) is 24.3 Å². The molecule has 26 heavy (non-hydrogen) atoms. The third-order valence-electron chi connectivity index (χ3n) is 3.71. The van der Waals surface area contributed by atoms with Gasteiger partial charge in [0.2, 0.25) is 0 Å². The van der Waals surface area contributed by atoms with Crippen LogP contribution in [-0.4, -0.2) is 24.7 Å². The monoisotopic (exact) mass is 368 g/mol. The lowest BCUT2D eigenvalue weighted by atomic mass is 10.0. The van der Waals surface area contributed by atoms with Crippen LogP contribution in [0, 0.1) is 16.7 Å². The molecule has 0 unspecified atom stereocenters. The summed E-state index contributed by atoms with van der Waals surface area (Å²) in [5, 5.41) is 22.5. The van der Waals surface area contributed by atoms with Crippen LogP contribution in [0.2, 0.25) is 0 Å². The molecule has 0 aromatic heterocycles. The lowest BCUT2D eigenvalue weighted by Crippen LogP contribution is -2.20. The van der Waals surface area contributed by atoms with Crippen molar-refractivity contribution in [2.24, 2.45) is 0 Å². The molecule has 130 valence electrons. The van der Waals surface area contributed by atoms with Crippen molar-refractivity contribution in [1.82, 2.24) is 5.32 Å². The van der Waals surface area contributed by atoms with Crippen LogP contribution in [-0.2, 0) is 14.9 Å². The second-order valence-electron chi connectivity index (χ2n) is 5.36. The summed E-state index contributed by atoms with van der Waals surface area (Å²) in [6.07, 6.45) is 0. The van der Waals surface area contributed by atoms with E-state index in [4.69, 9.17) is 9.96 Å². The Bertz CT molecular complexity index is 1100. The number of nitrogens with one attached hydrogen (secondary N) is 3. The third kappa shape index (κ3) is 3.19. The van der Waals surface area contributed by atoms with E-state index in [1.807, 2.05) is 6.07 Å². The smallest absolute Gasteiger partial charge is 0.294 e. The van der Waals surface area contributed by atoms with E-state index in [1.165, 1.54) is 12.1 Å². The molecule has 0 saturated heterocycles. The molecule has 1 amide bonds. The Morgan fingerprint density at radius 1 is 1.12 bits per heavy atom. The zero-order chi connectivity index (χ0) is 18.9. The maximum Gasteiger partial charge on any atom is 0.294 e. The number of hydrogen-bond donors (Lipinski definition) is 4. The Kier molecular flexibility index (Phi) is 4.29. The zero-order valence-electron chi connectivity index (χ0n) is 13.1. The van der Waals surface area contributed by atoms with E-state index in [9.17, 15) is 18.5 Å². The zero-order valence-corrected chi connectivity index (χ0v) is 14.0. The predicted molar refractivity (Wildman–Crippen MR) is 93.8 cm³/mol. The van der Waals surface area contributed by atoms with E-state index in [-0.39, 0.29) is 27.7 Å². The second-order valence-corrected chi connectivity index (χ2v) is 6.78. The van der Waals surface area contributed by atoms with Crippen molar-refractivity contribution in [1.29, 1.82) is 10.7 Å². The molecule has 2 aromatic rings. The Balaban J connectivity index is 1.92. The molecule has 1 aliphatic heterocycles. The van der Waals surface area contributed by atoms with Crippen LogP contribution in [0.3, 0.4) is 0 Å². The highest BCUT2D eigenvalue weighted by Gasteiger charge is 2.26. The molecule has 8 nitrogen and oxygen atoms in total. The van der Waals surface area contributed by atoms with Gasteiger partial charge in [-0.1, -0.05) is 24.3 Å². The van der Waals surface area contributed by atoms with Crippen molar-refractivity contribution < 1.29 is 17.8 Å². The molecule has 0 atom stereocenters. The van der Waals surface area contributed by atoms with E-state index < -0.39 is 16.0 Å². The molecule has 1 aliphatic rings. The maximum absolute atomic E-state index is 12.5. The summed E-state index contributed by atoms with van der Waals surface area (Å²) in [5.74, 6) is -0.618. The number of amides is 1. The number of amidine groups is 1. The summed E-state index contributed by atoms with van der Waals surface area (Å²) in [6.45, 7) is 0. The SMILES string of the molecule is N#C/C(C(=O)Nc1ccc(S(=O)(=O)O)cc1)=C1/NC(=N)c2ccccc21. The van der Waals surface area contributed by atoms with Crippen LogP contribution in [0.4, 0.5) is 5.69 Å². The van der Waals surface area contributed by atoms with Gasteiger partial charge in [0.25, 0.3) is 16.0 Å². The minimum Gasteiger partial charge on any atom is -0.338 e. The van der Waals surface area contributed by atoms with Crippen molar-refractivity contribution in [2.75, 3.05) is 5.32 Å². The number of carbonyl (C=O) groups excluding carboxylic acids is 1. The standard InChI is InChI=1S/C17H12N4O4S/c18-9-14(15-12-3-1-2-4-13(12)16(19)21-15)17(22)20-10-5-7-11(8-6-10)26(23,24)25/h1-8H,(H2,19,21)(H,20,22)(H,23,24,25)/b15-14-. The molecule has 0 spiro atoms. The van der Waals surface area contributed by atoms with Crippen LogP contribution < -0.4 is 10.6 Å². The number of hydrogen-bond acceptors (Lipinski definition) is 5. The first-order valence-corrected chi connectivity index (χ1v) is 8.74. The van der Waals surface area contributed by atoms with E-state index in [0.29, 0.717) is 11.1 Å². The van der Waals surface area contributed by atoms with Gasteiger partial charge in [0.1, 0.15) is 17.5 Å². The van der Waals surface area contributed by atoms with Gasteiger partial charge in [0, 0.05) is 16.8 Å². The van der Waals surface area contributed by atoms with Crippen molar-refractivity contribution in [3.05, 3.63) is 65.2 Å². The fourth-order valence-electron chi connectivity index (χ4n) is 2.50.